The fraction of sp³-hybridized carbons (Fsp3) is 0. The highest BCUT2D eigenvalue weighted by atomic mass is 28.3. The summed E-state index contributed by atoms with van der Waals surface area (Å²) < 4.78 is 0. The average Bonchev–Trinajstić information content (AvgIpc) is 3.44. The first-order valence-electron chi connectivity index (χ1n) is 23.1. The molecule has 0 atom stereocenters. The van der Waals surface area contributed by atoms with Gasteiger partial charge in [0.2, 0.25) is 0 Å². The highest BCUT2D eigenvalue weighted by Crippen LogP contribution is 2.32. The van der Waals surface area contributed by atoms with E-state index in [-0.39, 0.29) is 0 Å². The lowest BCUT2D eigenvalue weighted by Gasteiger charge is -2.35. The Morgan fingerprint density at radius 2 is 0.507 bits per heavy atom. The molecule has 0 fully saturated rings. The molecule has 0 radical (unpaired) electrons. The summed E-state index contributed by atoms with van der Waals surface area (Å²) in [4.78, 5) is 31.3. The van der Waals surface area contributed by atoms with Gasteiger partial charge >= 0.3 is 0 Å². The number of benzene rings is 10. The predicted molar refractivity (Wildman–Crippen MR) is 284 cm³/mol. The Bertz CT molecular complexity index is 3530. The summed E-state index contributed by atoms with van der Waals surface area (Å²) in [6, 6.07) is 89.3. The number of aromatic nitrogens is 6. The van der Waals surface area contributed by atoms with Crippen LogP contribution in [-0.2, 0) is 0 Å². The lowest BCUT2D eigenvalue weighted by atomic mass is 10.0. The smallest absolute Gasteiger partial charge is 0.179 e. The topological polar surface area (TPSA) is 77.3 Å². The number of hydrogen-bond acceptors (Lipinski definition) is 6. The van der Waals surface area contributed by atoms with Gasteiger partial charge < -0.3 is 0 Å². The van der Waals surface area contributed by atoms with Crippen LogP contribution in [0.1, 0.15) is 0 Å². The summed E-state index contributed by atoms with van der Waals surface area (Å²) in [5.74, 6) is 3.69. The van der Waals surface area contributed by atoms with E-state index < -0.39 is 8.07 Å². The maximum absolute atomic E-state index is 5.30. The summed E-state index contributed by atoms with van der Waals surface area (Å²) in [5.41, 5.74) is 5.56. The summed E-state index contributed by atoms with van der Waals surface area (Å²) >= 11 is 0. The molecule has 0 saturated carbocycles. The molecule has 324 valence electrons. The molecule has 0 saturated heterocycles. The Morgan fingerprint density at radius 3 is 0.928 bits per heavy atom. The van der Waals surface area contributed by atoms with Crippen molar-refractivity contribution in [1.29, 1.82) is 0 Å². The lowest BCUT2D eigenvalue weighted by molar-refractivity contribution is 1.08. The molecule has 0 aliphatic carbocycles. The first-order chi connectivity index (χ1) is 34.2. The third kappa shape index (κ3) is 7.76. The number of rotatable bonds is 10. The van der Waals surface area contributed by atoms with Crippen molar-refractivity contribution < 1.29 is 0 Å². The van der Waals surface area contributed by atoms with Crippen LogP contribution in [0.25, 0.3) is 89.9 Å². The minimum Gasteiger partial charge on any atom is -0.208 e. The van der Waals surface area contributed by atoms with Crippen LogP contribution >= 0.6 is 0 Å². The molecule has 7 heteroatoms. The molecular formula is C62H42N6Si. The highest BCUT2D eigenvalue weighted by molar-refractivity contribution is 7.20. The van der Waals surface area contributed by atoms with Crippen molar-refractivity contribution >= 4 is 50.4 Å². The zero-order valence-corrected chi connectivity index (χ0v) is 38.4. The molecule has 0 aliphatic heterocycles. The van der Waals surface area contributed by atoms with Crippen molar-refractivity contribution in [3.05, 3.63) is 255 Å². The average molecular weight is 899 g/mol. The minimum atomic E-state index is -3.15. The van der Waals surface area contributed by atoms with Crippen molar-refractivity contribution in [2.45, 2.75) is 0 Å². The quantitative estimate of drug-likeness (QED) is 0.101. The van der Waals surface area contributed by atoms with Crippen LogP contribution in [0.4, 0.5) is 0 Å². The fourth-order valence-corrected chi connectivity index (χ4v) is 14.5. The number of nitrogens with zero attached hydrogens (tertiary/aromatic N) is 6. The zero-order chi connectivity index (χ0) is 46.0. The number of fused-ring (bicyclic) bond motifs is 2. The molecule has 0 spiro atoms. The maximum atomic E-state index is 5.30. The van der Waals surface area contributed by atoms with Crippen LogP contribution in [0.5, 0.6) is 0 Å². The van der Waals surface area contributed by atoms with Crippen molar-refractivity contribution in [3.63, 3.8) is 0 Å². The van der Waals surface area contributed by atoms with Gasteiger partial charge in [0.25, 0.3) is 0 Å². The molecule has 0 amide bonds. The zero-order valence-electron chi connectivity index (χ0n) is 37.4. The predicted octanol–water partition coefficient (Wildman–Crippen LogP) is 11.7. The summed E-state index contributed by atoms with van der Waals surface area (Å²) in [7, 11) is -3.15. The largest absolute Gasteiger partial charge is 0.208 e. The SMILES string of the molecule is c1ccc(-c2nc(-c3cccc([Si](c4ccccc4)(c4ccccc4)c4cccc(-c5nc(-c6ccccc6)nc(-c6cccc7ccccc67)n5)c4)c3)nc(-c3cccc4ccccc34)n2)cc1. The monoisotopic (exact) mass is 898 g/mol. The lowest BCUT2D eigenvalue weighted by Crippen LogP contribution is -2.74. The van der Waals surface area contributed by atoms with E-state index in [1.165, 1.54) is 20.7 Å². The molecule has 2 aromatic heterocycles. The van der Waals surface area contributed by atoms with E-state index in [4.69, 9.17) is 29.9 Å². The molecule has 0 bridgehead atoms. The second-order valence-corrected chi connectivity index (χ2v) is 20.9. The molecule has 2 heterocycles. The van der Waals surface area contributed by atoms with Crippen LogP contribution < -0.4 is 20.7 Å². The molecule has 0 N–H and O–H groups in total. The van der Waals surface area contributed by atoms with Gasteiger partial charge in [0, 0.05) is 33.4 Å². The van der Waals surface area contributed by atoms with E-state index in [1.54, 1.807) is 0 Å². The Balaban J connectivity index is 1.08. The van der Waals surface area contributed by atoms with E-state index >= 15 is 0 Å². The molecule has 69 heavy (non-hydrogen) atoms. The minimum absolute atomic E-state index is 0.603. The Morgan fingerprint density at radius 1 is 0.217 bits per heavy atom. The second-order valence-electron chi connectivity index (χ2n) is 17.0. The summed E-state index contributed by atoms with van der Waals surface area (Å²) in [6.07, 6.45) is 0. The van der Waals surface area contributed by atoms with Crippen LogP contribution in [0.3, 0.4) is 0 Å². The van der Waals surface area contributed by atoms with Crippen LogP contribution in [0.2, 0.25) is 0 Å². The second kappa shape index (κ2) is 18.0. The summed E-state index contributed by atoms with van der Waals surface area (Å²) in [6.45, 7) is 0. The van der Waals surface area contributed by atoms with Crippen LogP contribution in [0.15, 0.2) is 255 Å². The van der Waals surface area contributed by atoms with Gasteiger partial charge in [0.15, 0.2) is 43.0 Å². The normalized spacial score (nSPS) is 11.5. The van der Waals surface area contributed by atoms with Crippen molar-refractivity contribution in [2.24, 2.45) is 0 Å². The van der Waals surface area contributed by atoms with E-state index in [9.17, 15) is 0 Å². The van der Waals surface area contributed by atoms with Gasteiger partial charge in [-0.2, -0.15) is 0 Å². The third-order valence-electron chi connectivity index (χ3n) is 12.9. The van der Waals surface area contributed by atoms with Crippen molar-refractivity contribution in [1.82, 2.24) is 29.9 Å². The van der Waals surface area contributed by atoms with E-state index in [2.05, 4.69) is 218 Å². The van der Waals surface area contributed by atoms with Crippen LogP contribution in [-0.4, -0.2) is 38.0 Å². The standard InChI is InChI=1S/C62H42N6Si/c1-5-23-45(24-6-1)57-63-59(67-61(65-57)55-39-19-27-43-21-13-15-37-53(43)55)47-29-17-35-51(41-47)69(49-31-9-3-10-32-49,50-33-11-4-12-34-50)52-36-18-30-48(42-52)60-64-58(46-25-7-2-8-26-46)66-62(68-60)56-40-20-28-44-22-14-16-38-54(44)56/h1-42H. The van der Waals surface area contributed by atoms with Crippen molar-refractivity contribution in [2.75, 3.05) is 0 Å². The molecule has 0 aliphatic rings. The molecule has 0 unspecified atom stereocenters. The van der Waals surface area contributed by atoms with Gasteiger partial charge in [0.1, 0.15) is 0 Å². The molecular weight excluding hydrogens is 857 g/mol. The number of hydrogen-bond donors (Lipinski definition) is 0. The van der Waals surface area contributed by atoms with Crippen molar-refractivity contribution in [3.8, 4) is 68.3 Å². The molecule has 12 aromatic rings. The van der Waals surface area contributed by atoms with E-state index in [0.717, 1.165) is 54.9 Å². The Labute approximate surface area is 401 Å². The molecule has 12 rings (SSSR count). The van der Waals surface area contributed by atoms with E-state index in [0.29, 0.717) is 34.9 Å². The Hall–Kier alpha value is -9.04. The van der Waals surface area contributed by atoms with Gasteiger partial charge in [-0.1, -0.05) is 255 Å². The Kier molecular flexibility index (Phi) is 10.8. The third-order valence-corrected chi connectivity index (χ3v) is 17.7. The van der Waals surface area contributed by atoms with Gasteiger partial charge in [-0.25, -0.2) is 29.9 Å². The van der Waals surface area contributed by atoms with Gasteiger partial charge in [-0.3, -0.25) is 0 Å². The van der Waals surface area contributed by atoms with Gasteiger partial charge in [-0.05, 0) is 42.3 Å². The van der Waals surface area contributed by atoms with Gasteiger partial charge in [0.05, 0.1) is 0 Å². The molecule has 6 nitrogen and oxygen atoms in total. The van der Waals surface area contributed by atoms with E-state index in [1.807, 2.05) is 36.4 Å². The first kappa shape index (κ1) is 41.4. The highest BCUT2D eigenvalue weighted by Gasteiger charge is 2.42. The van der Waals surface area contributed by atoms with Crippen LogP contribution in [0, 0.1) is 0 Å². The fourth-order valence-electron chi connectivity index (χ4n) is 9.68. The maximum Gasteiger partial charge on any atom is 0.179 e. The first-order valence-corrected chi connectivity index (χ1v) is 25.1. The molecule has 10 aromatic carbocycles. The van der Waals surface area contributed by atoms with Gasteiger partial charge in [-0.15, -0.1) is 0 Å². The summed E-state index contributed by atoms with van der Waals surface area (Å²) in [5, 5.41) is 9.26.